The van der Waals surface area contributed by atoms with Gasteiger partial charge in [0.25, 0.3) is 0 Å². The minimum absolute atomic E-state index is 0.220. The number of alkyl halides is 3. The Labute approximate surface area is 121 Å². The highest BCUT2D eigenvalue weighted by Gasteiger charge is 2.33. The summed E-state index contributed by atoms with van der Waals surface area (Å²) in [7, 11) is 0. The summed E-state index contributed by atoms with van der Waals surface area (Å²) in [6.45, 7) is 1.19. The van der Waals surface area contributed by atoms with Crippen LogP contribution in [0.4, 0.5) is 22.0 Å². The Kier molecular flexibility index (Phi) is 4.11. The summed E-state index contributed by atoms with van der Waals surface area (Å²) >= 11 is 0. The molecule has 0 radical (unpaired) electrons. The molecule has 1 heterocycles. The van der Waals surface area contributed by atoms with Crippen LogP contribution in [0.1, 0.15) is 21.7 Å². The topological polar surface area (TPSA) is 39.2 Å². The zero-order valence-electron chi connectivity index (χ0n) is 11.0. The van der Waals surface area contributed by atoms with E-state index in [9.17, 15) is 26.7 Å². The highest BCUT2D eigenvalue weighted by atomic mass is 19.4. The molecular weight excluding hydrogens is 309 g/mol. The van der Waals surface area contributed by atoms with E-state index in [0.29, 0.717) is 12.1 Å². The molecule has 0 bridgehead atoms. The number of rotatable bonds is 2. The van der Waals surface area contributed by atoms with Gasteiger partial charge in [-0.2, -0.15) is 13.2 Å². The van der Waals surface area contributed by atoms with Crippen molar-refractivity contribution < 1.29 is 31.5 Å². The van der Waals surface area contributed by atoms with Crippen molar-refractivity contribution in [3.05, 3.63) is 58.9 Å². The highest BCUT2D eigenvalue weighted by Crippen LogP contribution is 2.28. The minimum atomic E-state index is -4.64. The molecule has 2 aromatic rings. The van der Waals surface area contributed by atoms with Crippen LogP contribution in [-0.4, -0.2) is 11.0 Å². The fourth-order valence-electron chi connectivity index (χ4n) is 1.65. The molecule has 0 saturated carbocycles. The second-order valence-electron chi connectivity index (χ2n) is 4.29. The largest absolute Gasteiger partial charge is 0.433 e. The van der Waals surface area contributed by atoms with E-state index in [4.69, 9.17) is 4.74 Å². The van der Waals surface area contributed by atoms with Gasteiger partial charge in [-0.05, 0) is 31.2 Å². The van der Waals surface area contributed by atoms with E-state index < -0.39 is 35.2 Å². The van der Waals surface area contributed by atoms with Crippen LogP contribution in [0, 0.1) is 18.6 Å². The van der Waals surface area contributed by atoms with Crippen LogP contribution in [0.15, 0.2) is 30.3 Å². The number of nitrogens with zero attached hydrogens (tertiary/aromatic N) is 1. The van der Waals surface area contributed by atoms with Crippen molar-refractivity contribution >= 4 is 5.97 Å². The average molecular weight is 317 g/mol. The SMILES string of the molecule is Cc1nc(C(F)(F)F)ccc1C(=O)Oc1ccc(F)cc1F. The first-order chi connectivity index (χ1) is 10.2. The Morgan fingerprint density at radius 3 is 2.36 bits per heavy atom. The zero-order chi connectivity index (χ0) is 16.5. The van der Waals surface area contributed by atoms with Gasteiger partial charge in [-0.3, -0.25) is 0 Å². The molecule has 2 rings (SSSR count). The number of carbonyl (C=O) groups excluding carboxylic acids is 1. The average Bonchev–Trinajstić information content (AvgIpc) is 2.40. The standard InChI is InChI=1S/C14H8F5NO2/c1-7-9(3-5-12(20-7)14(17,18)19)13(21)22-11-4-2-8(15)6-10(11)16/h2-6H,1H3. The highest BCUT2D eigenvalue weighted by molar-refractivity contribution is 5.92. The van der Waals surface area contributed by atoms with Crippen LogP contribution in [0.5, 0.6) is 5.75 Å². The van der Waals surface area contributed by atoms with E-state index in [1.54, 1.807) is 0 Å². The third-order valence-corrected chi connectivity index (χ3v) is 2.69. The quantitative estimate of drug-likeness (QED) is 0.479. The number of hydrogen-bond acceptors (Lipinski definition) is 3. The van der Waals surface area contributed by atoms with Gasteiger partial charge in [0, 0.05) is 6.07 Å². The number of carbonyl (C=O) groups is 1. The summed E-state index contributed by atoms with van der Waals surface area (Å²) in [4.78, 5) is 15.1. The fraction of sp³-hybridized carbons (Fsp3) is 0.143. The molecule has 0 amide bonds. The Morgan fingerprint density at radius 2 is 1.82 bits per heavy atom. The van der Waals surface area contributed by atoms with E-state index >= 15 is 0 Å². The molecule has 3 nitrogen and oxygen atoms in total. The lowest BCUT2D eigenvalue weighted by Gasteiger charge is -2.10. The Morgan fingerprint density at radius 1 is 1.14 bits per heavy atom. The number of hydrogen-bond donors (Lipinski definition) is 0. The number of aromatic nitrogens is 1. The third-order valence-electron chi connectivity index (χ3n) is 2.69. The normalized spacial score (nSPS) is 11.4. The van der Waals surface area contributed by atoms with Crippen LogP contribution in [0.25, 0.3) is 0 Å². The molecule has 116 valence electrons. The Bertz CT molecular complexity index is 728. The van der Waals surface area contributed by atoms with Crippen molar-refractivity contribution in [2.24, 2.45) is 0 Å². The maximum atomic E-state index is 13.4. The predicted molar refractivity (Wildman–Crippen MR) is 65.3 cm³/mol. The maximum Gasteiger partial charge on any atom is 0.433 e. The first-order valence-electron chi connectivity index (χ1n) is 5.90. The molecule has 0 saturated heterocycles. The molecule has 0 N–H and O–H groups in total. The van der Waals surface area contributed by atoms with Gasteiger partial charge in [0.1, 0.15) is 11.5 Å². The number of esters is 1. The third kappa shape index (κ3) is 3.38. The van der Waals surface area contributed by atoms with Crippen LogP contribution in [-0.2, 0) is 6.18 Å². The second kappa shape index (κ2) is 5.70. The van der Waals surface area contributed by atoms with Crippen molar-refractivity contribution in [1.82, 2.24) is 4.98 Å². The smallest absolute Gasteiger partial charge is 0.420 e. The summed E-state index contributed by atoms with van der Waals surface area (Å²) in [6, 6.07) is 3.79. The monoisotopic (exact) mass is 317 g/mol. The Hall–Kier alpha value is -2.51. The predicted octanol–water partition coefficient (Wildman–Crippen LogP) is 3.91. The van der Waals surface area contributed by atoms with Crippen molar-refractivity contribution in [1.29, 1.82) is 0 Å². The first kappa shape index (κ1) is 15.9. The van der Waals surface area contributed by atoms with Gasteiger partial charge in [-0.15, -0.1) is 0 Å². The van der Waals surface area contributed by atoms with Crippen molar-refractivity contribution in [3.8, 4) is 5.75 Å². The van der Waals surface area contributed by atoms with Crippen LogP contribution < -0.4 is 4.74 Å². The van der Waals surface area contributed by atoms with E-state index in [-0.39, 0.29) is 11.3 Å². The summed E-state index contributed by atoms with van der Waals surface area (Å²) in [5, 5.41) is 0. The van der Waals surface area contributed by atoms with E-state index in [1.165, 1.54) is 6.92 Å². The summed E-state index contributed by atoms with van der Waals surface area (Å²) in [5.41, 5.74) is -1.63. The molecule has 22 heavy (non-hydrogen) atoms. The van der Waals surface area contributed by atoms with Gasteiger partial charge in [-0.25, -0.2) is 18.6 Å². The lowest BCUT2D eigenvalue weighted by atomic mass is 10.2. The van der Waals surface area contributed by atoms with E-state index in [1.807, 2.05) is 0 Å². The van der Waals surface area contributed by atoms with Crippen LogP contribution in [0.3, 0.4) is 0 Å². The summed E-state index contributed by atoms with van der Waals surface area (Å²) in [5.74, 6) is -3.59. The summed E-state index contributed by atoms with van der Waals surface area (Å²) < 4.78 is 68.2. The van der Waals surface area contributed by atoms with Gasteiger partial charge < -0.3 is 4.74 Å². The molecule has 1 aromatic heterocycles. The number of halogens is 5. The molecule has 0 aliphatic rings. The molecule has 8 heteroatoms. The van der Waals surface area contributed by atoms with Crippen molar-refractivity contribution in [3.63, 3.8) is 0 Å². The van der Waals surface area contributed by atoms with Gasteiger partial charge in [-0.1, -0.05) is 0 Å². The van der Waals surface area contributed by atoms with Crippen LogP contribution in [0.2, 0.25) is 0 Å². The zero-order valence-corrected chi connectivity index (χ0v) is 11.0. The van der Waals surface area contributed by atoms with Gasteiger partial charge in [0.2, 0.25) is 0 Å². The summed E-state index contributed by atoms with van der Waals surface area (Å²) in [6.07, 6.45) is -4.64. The Balaban J connectivity index is 2.26. The number of aryl methyl sites for hydroxylation is 1. The lowest BCUT2D eigenvalue weighted by molar-refractivity contribution is -0.141. The fourth-order valence-corrected chi connectivity index (χ4v) is 1.65. The number of pyridine rings is 1. The van der Waals surface area contributed by atoms with Gasteiger partial charge in [0.05, 0.1) is 11.3 Å². The van der Waals surface area contributed by atoms with E-state index in [0.717, 1.165) is 18.2 Å². The molecular formula is C14H8F5NO2. The molecule has 1 aromatic carbocycles. The van der Waals surface area contributed by atoms with Gasteiger partial charge >= 0.3 is 12.1 Å². The molecule has 0 atom stereocenters. The second-order valence-corrected chi connectivity index (χ2v) is 4.29. The minimum Gasteiger partial charge on any atom is -0.420 e. The maximum absolute atomic E-state index is 13.4. The van der Waals surface area contributed by atoms with Crippen molar-refractivity contribution in [2.75, 3.05) is 0 Å². The lowest BCUT2D eigenvalue weighted by Crippen LogP contribution is -2.15. The molecule has 0 unspecified atom stereocenters. The molecule has 0 fully saturated rings. The molecule has 0 aliphatic carbocycles. The number of ether oxygens (including phenoxy) is 1. The number of benzene rings is 1. The van der Waals surface area contributed by atoms with Crippen molar-refractivity contribution in [2.45, 2.75) is 13.1 Å². The first-order valence-corrected chi connectivity index (χ1v) is 5.90. The molecule has 0 spiro atoms. The molecule has 0 aliphatic heterocycles. The van der Waals surface area contributed by atoms with Crippen LogP contribution >= 0.6 is 0 Å². The van der Waals surface area contributed by atoms with E-state index in [2.05, 4.69) is 4.98 Å². The van der Waals surface area contributed by atoms with Gasteiger partial charge in [0.15, 0.2) is 11.6 Å².